The van der Waals surface area contributed by atoms with E-state index in [4.69, 9.17) is 0 Å². The number of quaternary nitrogens is 1. The molecule has 0 bridgehead atoms. The fourth-order valence-electron chi connectivity index (χ4n) is 3.61. The zero-order chi connectivity index (χ0) is 20.4. The summed E-state index contributed by atoms with van der Waals surface area (Å²) in [6.07, 6.45) is 20.8. The van der Waals surface area contributed by atoms with Gasteiger partial charge in [-0.1, -0.05) is 104 Å². The van der Waals surface area contributed by atoms with E-state index in [1.54, 1.807) is 14.1 Å². The summed E-state index contributed by atoms with van der Waals surface area (Å²) in [5, 5.41) is 14.8. The van der Waals surface area contributed by atoms with E-state index in [2.05, 4.69) is 12.2 Å². The van der Waals surface area contributed by atoms with Crippen LogP contribution in [0.2, 0.25) is 0 Å². The van der Waals surface area contributed by atoms with Crippen molar-refractivity contribution in [1.29, 1.82) is 0 Å². The number of unbranched alkanes of at least 4 members (excludes halogenated alkanes) is 14. The third-order valence-corrected chi connectivity index (χ3v) is 5.47. The lowest BCUT2D eigenvalue weighted by Crippen LogP contribution is -2.53. The van der Waals surface area contributed by atoms with Crippen LogP contribution in [-0.2, 0) is 4.79 Å². The van der Waals surface area contributed by atoms with Gasteiger partial charge in [-0.05, 0) is 6.42 Å². The first-order chi connectivity index (χ1) is 12.9. The molecule has 0 rings (SSSR count). The molecule has 0 aliphatic heterocycles. The number of amides is 1. The van der Waals surface area contributed by atoms with Crippen molar-refractivity contribution in [1.82, 2.24) is 5.32 Å². The highest BCUT2D eigenvalue weighted by Crippen LogP contribution is 2.14. The van der Waals surface area contributed by atoms with Gasteiger partial charge in [0, 0.05) is 12.8 Å². The molecule has 1 unspecified atom stereocenters. The monoisotopic (exact) mass is 384 g/mol. The van der Waals surface area contributed by atoms with Crippen molar-refractivity contribution in [2.24, 2.45) is 0 Å². The third kappa shape index (κ3) is 17.2. The number of hydrogen-bond acceptors (Lipinski definition) is 2. The first-order valence-electron chi connectivity index (χ1n) is 11.8. The van der Waals surface area contributed by atoms with Crippen LogP contribution in [0.4, 0.5) is 0 Å². The summed E-state index contributed by atoms with van der Waals surface area (Å²) in [4.78, 5) is 11.9. The SMILES string of the molecule is CCCCCCCCCCCCCCCCCC(=O)NC(CC)[N+](C)(C)[O-]. The molecule has 1 atom stereocenters. The van der Waals surface area contributed by atoms with Gasteiger partial charge >= 0.3 is 0 Å². The molecular weight excluding hydrogens is 336 g/mol. The molecule has 27 heavy (non-hydrogen) atoms. The van der Waals surface area contributed by atoms with Crippen LogP contribution < -0.4 is 5.32 Å². The first-order valence-corrected chi connectivity index (χ1v) is 11.8. The van der Waals surface area contributed by atoms with E-state index < -0.39 is 4.65 Å². The number of nitrogens with zero attached hydrogens (tertiary/aromatic N) is 1. The van der Waals surface area contributed by atoms with Gasteiger partial charge in [0.25, 0.3) is 0 Å². The van der Waals surface area contributed by atoms with Gasteiger partial charge in [-0.3, -0.25) is 4.79 Å². The zero-order valence-electron chi connectivity index (χ0n) is 18.9. The van der Waals surface area contributed by atoms with Gasteiger partial charge in [-0.15, -0.1) is 0 Å². The van der Waals surface area contributed by atoms with Crippen LogP contribution in [0.1, 0.15) is 123 Å². The molecule has 0 aromatic heterocycles. The van der Waals surface area contributed by atoms with Gasteiger partial charge in [0.1, 0.15) is 0 Å². The molecule has 0 aliphatic rings. The summed E-state index contributed by atoms with van der Waals surface area (Å²) < 4.78 is -0.457. The second-order valence-corrected chi connectivity index (χ2v) is 8.63. The molecule has 1 amide bonds. The fraction of sp³-hybridized carbons (Fsp3) is 0.957. The molecule has 0 aromatic rings. The van der Waals surface area contributed by atoms with Crippen LogP contribution in [0, 0.1) is 5.21 Å². The van der Waals surface area contributed by atoms with Crippen molar-refractivity contribution >= 4 is 5.91 Å². The maximum absolute atomic E-state index is 11.9. The molecule has 4 heteroatoms. The van der Waals surface area contributed by atoms with Crippen LogP contribution in [0.3, 0.4) is 0 Å². The Hall–Kier alpha value is -0.610. The fourth-order valence-corrected chi connectivity index (χ4v) is 3.61. The van der Waals surface area contributed by atoms with E-state index in [-0.39, 0.29) is 12.1 Å². The maximum atomic E-state index is 11.9. The number of carbonyl (C=O) groups excluding carboxylic acids is 1. The quantitative estimate of drug-likeness (QED) is 0.117. The van der Waals surface area contributed by atoms with Gasteiger partial charge in [-0.2, -0.15) is 0 Å². The van der Waals surface area contributed by atoms with Crippen LogP contribution in [-0.4, -0.2) is 30.8 Å². The summed E-state index contributed by atoms with van der Waals surface area (Å²) in [7, 11) is 3.17. The molecule has 0 radical (unpaired) electrons. The minimum Gasteiger partial charge on any atom is -0.632 e. The van der Waals surface area contributed by atoms with Crippen molar-refractivity contribution in [3.05, 3.63) is 5.21 Å². The normalized spacial score (nSPS) is 12.9. The Morgan fingerprint density at radius 3 is 1.44 bits per heavy atom. The second-order valence-electron chi connectivity index (χ2n) is 8.63. The van der Waals surface area contributed by atoms with Crippen molar-refractivity contribution in [2.45, 2.75) is 129 Å². The van der Waals surface area contributed by atoms with Crippen molar-refractivity contribution < 1.29 is 9.44 Å². The van der Waals surface area contributed by atoms with Crippen molar-refractivity contribution in [3.63, 3.8) is 0 Å². The van der Waals surface area contributed by atoms with Crippen LogP contribution in [0.25, 0.3) is 0 Å². The lowest BCUT2D eigenvalue weighted by Gasteiger charge is -2.41. The molecule has 4 nitrogen and oxygen atoms in total. The predicted octanol–water partition coefficient (Wildman–Crippen LogP) is 6.67. The van der Waals surface area contributed by atoms with E-state index in [9.17, 15) is 10.0 Å². The maximum Gasteiger partial charge on any atom is 0.224 e. The summed E-state index contributed by atoms with van der Waals surface area (Å²) >= 11 is 0. The Bertz CT molecular complexity index is 340. The minimum atomic E-state index is -0.457. The topological polar surface area (TPSA) is 52.2 Å². The molecule has 0 aromatic carbocycles. The van der Waals surface area contributed by atoms with E-state index >= 15 is 0 Å². The zero-order valence-corrected chi connectivity index (χ0v) is 18.9. The largest absolute Gasteiger partial charge is 0.632 e. The Morgan fingerprint density at radius 2 is 1.11 bits per heavy atom. The second kappa shape index (κ2) is 17.5. The Morgan fingerprint density at radius 1 is 0.741 bits per heavy atom. The van der Waals surface area contributed by atoms with Crippen molar-refractivity contribution in [3.8, 4) is 0 Å². The highest BCUT2D eigenvalue weighted by molar-refractivity contribution is 5.75. The minimum absolute atomic E-state index is 0.0265. The van der Waals surface area contributed by atoms with Gasteiger partial charge in [0.2, 0.25) is 5.91 Å². The Kier molecular flexibility index (Phi) is 17.1. The van der Waals surface area contributed by atoms with Gasteiger partial charge in [-0.25, -0.2) is 0 Å². The smallest absolute Gasteiger partial charge is 0.224 e. The van der Waals surface area contributed by atoms with Crippen LogP contribution >= 0.6 is 0 Å². The summed E-state index contributed by atoms with van der Waals surface area (Å²) in [6.45, 7) is 4.21. The Balaban J connectivity index is 3.34. The average Bonchev–Trinajstić information content (AvgIpc) is 2.62. The molecule has 0 saturated heterocycles. The molecule has 0 spiro atoms. The highest BCUT2D eigenvalue weighted by Gasteiger charge is 2.19. The number of hydroxylamine groups is 3. The molecular formula is C23H48N2O2. The van der Waals surface area contributed by atoms with E-state index in [1.165, 1.54) is 83.5 Å². The molecule has 0 aliphatic carbocycles. The molecule has 0 saturated carbocycles. The molecule has 1 N–H and O–H groups in total. The van der Waals surface area contributed by atoms with Gasteiger partial charge in [0.15, 0.2) is 6.17 Å². The van der Waals surface area contributed by atoms with E-state index in [1.807, 2.05) is 6.92 Å². The summed E-state index contributed by atoms with van der Waals surface area (Å²) in [6, 6.07) is 0. The third-order valence-electron chi connectivity index (χ3n) is 5.47. The number of carbonyl (C=O) groups is 1. The van der Waals surface area contributed by atoms with Crippen LogP contribution in [0.15, 0.2) is 0 Å². The lowest BCUT2D eigenvalue weighted by molar-refractivity contribution is -0.869. The Labute approximate surface area is 169 Å². The summed E-state index contributed by atoms with van der Waals surface area (Å²) in [5.41, 5.74) is 0. The number of rotatable bonds is 19. The standard InChI is InChI=1S/C23H48N2O2/c1-5-7-8-9-10-11-12-13-14-15-16-17-18-19-20-21-23(26)24-22(6-2)25(3,4)27/h22H,5-21H2,1-4H3,(H,24,26). The van der Waals surface area contributed by atoms with Crippen LogP contribution in [0.5, 0.6) is 0 Å². The highest BCUT2D eigenvalue weighted by atomic mass is 16.5. The number of nitrogens with one attached hydrogen (secondary N) is 1. The van der Waals surface area contributed by atoms with Gasteiger partial charge < -0.3 is 15.2 Å². The average molecular weight is 385 g/mol. The van der Waals surface area contributed by atoms with E-state index in [0.29, 0.717) is 12.8 Å². The molecule has 0 heterocycles. The molecule has 162 valence electrons. The lowest BCUT2D eigenvalue weighted by atomic mass is 10.0. The molecule has 0 fully saturated rings. The van der Waals surface area contributed by atoms with E-state index in [0.717, 1.165) is 12.8 Å². The summed E-state index contributed by atoms with van der Waals surface area (Å²) in [5.74, 6) is 0.0265. The van der Waals surface area contributed by atoms with Crippen molar-refractivity contribution in [2.75, 3.05) is 14.1 Å². The number of hydrogen-bond donors (Lipinski definition) is 1. The van der Waals surface area contributed by atoms with Gasteiger partial charge in [0.05, 0.1) is 14.1 Å². The first kappa shape index (κ1) is 26.4. The predicted molar refractivity (Wildman–Crippen MR) is 117 cm³/mol.